The fourth-order valence-electron chi connectivity index (χ4n) is 5.26. The molecule has 0 heterocycles. The van der Waals surface area contributed by atoms with Gasteiger partial charge < -0.3 is 10.2 Å². The lowest BCUT2D eigenvalue weighted by atomic mass is 10.0. The predicted molar refractivity (Wildman–Crippen MR) is 185 cm³/mol. The van der Waals surface area contributed by atoms with Crippen molar-refractivity contribution in [1.82, 2.24) is 10.2 Å². The van der Waals surface area contributed by atoms with Crippen molar-refractivity contribution in [2.45, 2.75) is 71.0 Å². The van der Waals surface area contributed by atoms with E-state index in [1.54, 1.807) is 48.5 Å². The van der Waals surface area contributed by atoms with Gasteiger partial charge in [0.2, 0.25) is 11.8 Å². The normalized spacial score (nSPS) is 12.7. The molecule has 0 unspecified atom stereocenters. The van der Waals surface area contributed by atoms with Crippen LogP contribution in [0.15, 0.2) is 102 Å². The summed E-state index contributed by atoms with van der Waals surface area (Å²) in [5.74, 6) is -0.830. The number of amides is 2. The van der Waals surface area contributed by atoms with E-state index in [1.165, 1.54) is 4.90 Å². The Morgan fingerprint density at radius 2 is 1.48 bits per heavy atom. The lowest BCUT2D eigenvalue weighted by Gasteiger charge is -2.34. The van der Waals surface area contributed by atoms with Crippen molar-refractivity contribution in [1.29, 1.82) is 0 Å². The number of anilines is 1. The van der Waals surface area contributed by atoms with Crippen molar-refractivity contribution >= 4 is 39.1 Å². The smallest absolute Gasteiger partial charge is 0.264 e. The second-order valence-corrected chi connectivity index (χ2v) is 14.1. The first kappa shape index (κ1) is 34.7. The summed E-state index contributed by atoms with van der Waals surface area (Å²) < 4.78 is 29.7. The zero-order chi connectivity index (χ0) is 33.4. The first-order valence-corrected chi connectivity index (χ1v) is 17.3. The number of hydrogen-bond acceptors (Lipinski definition) is 4. The molecule has 1 N–H and O–H groups in total. The number of carbonyl (C=O) groups excluding carboxylic acids is 2. The fourth-order valence-corrected chi connectivity index (χ4v) is 6.95. The van der Waals surface area contributed by atoms with E-state index in [0.29, 0.717) is 22.7 Å². The van der Waals surface area contributed by atoms with Crippen molar-refractivity contribution in [2.24, 2.45) is 0 Å². The van der Waals surface area contributed by atoms with Crippen LogP contribution in [0, 0.1) is 20.8 Å². The molecule has 0 aliphatic rings. The number of rotatable bonds is 13. The van der Waals surface area contributed by atoms with E-state index >= 15 is 0 Å². The predicted octanol–water partition coefficient (Wildman–Crippen LogP) is 7.02. The van der Waals surface area contributed by atoms with Crippen LogP contribution in [0.1, 0.15) is 48.1 Å². The van der Waals surface area contributed by atoms with Gasteiger partial charge in [-0.2, -0.15) is 0 Å². The topological polar surface area (TPSA) is 86.8 Å². The molecule has 0 bridgehead atoms. The minimum Gasteiger partial charge on any atom is -0.352 e. The first-order chi connectivity index (χ1) is 21.9. The second kappa shape index (κ2) is 15.4. The Balaban J connectivity index is 1.83. The zero-order valence-corrected chi connectivity index (χ0v) is 28.6. The third-order valence-corrected chi connectivity index (χ3v) is 10.0. The van der Waals surface area contributed by atoms with Crippen molar-refractivity contribution in [3.05, 3.63) is 130 Å². The number of nitrogens with zero attached hydrogens (tertiary/aromatic N) is 2. The molecule has 0 saturated heterocycles. The number of carbonyl (C=O) groups is 2. The van der Waals surface area contributed by atoms with Gasteiger partial charge in [-0.25, -0.2) is 8.42 Å². The summed E-state index contributed by atoms with van der Waals surface area (Å²) in [4.78, 5) is 30.1. The number of aryl methyl sites for hydroxylation is 3. The van der Waals surface area contributed by atoms with E-state index in [2.05, 4.69) is 5.32 Å². The molecule has 0 aromatic heterocycles. The minimum atomic E-state index is -4.18. The van der Waals surface area contributed by atoms with Gasteiger partial charge >= 0.3 is 0 Å². The number of nitrogens with one attached hydrogen (secondary N) is 1. The van der Waals surface area contributed by atoms with Gasteiger partial charge in [0.05, 0.1) is 10.6 Å². The lowest BCUT2D eigenvalue weighted by Crippen LogP contribution is -2.54. The van der Waals surface area contributed by atoms with Gasteiger partial charge in [-0.05, 0) is 81.1 Å². The molecule has 0 fully saturated rings. The molecule has 0 radical (unpaired) electrons. The van der Waals surface area contributed by atoms with E-state index < -0.39 is 28.5 Å². The fraction of sp³-hybridized carbons (Fsp3) is 0.297. The average molecular weight is 660 g/mol. The Morgan fingerprint density at radius 1 is 0.826 bits per heavy atom. The van der Waals surface area contributed by atoms with Crippen molar-refractivity contribution in [3.63, 3.8) is 0 Å². The molecule has 2 amide bonds. The van der Waals surface area contributed by atoms with Gasteiger partial charge in [0.1, 0.15) is 12.6 Å². The summed E-state index contributed by atoms with van der Waals surface area (Å²) in [7, 11) is -4.18. The monoisotopic (exact) mass is 659 g/mol. The SMILES string of the molecule is CC[C@@H](C)NC(=O)[C@@H](Cc1ccccc1)N(Cc1cccc(Cl)c1)C(=O)CN(c1ccc(C)cc1C)S(=O)(=O)c1ccc(C)cc1. The maximum Gasteiger partial charge on any atom is 0.264 e. The van der Waals surface area contributed by atoms with Gasteiger partial charge in [0.25, 0.3) is 10.0 Å². The Bertz CT molecular complexity index is 1760. The van der Waals surface area contributed by atoms with Gasteiger partial charge in [-0.1, -0.05) is 96.4 Å². The molecular formula is C37H42ClN3O4S. The van der Waals surface area contributed by atoms with Crippen molar-refractivity contribution in [2.75, 3.05) is 10.8 Å². The Hall–Kier alpha value is -4.14. The Labute approximate surface area is 278 Å². The zero-order valence-electron chi connectivity index (χ0n) is 27.0. The third-order valence-electron chi connectivity index (χ3n) is 8.02. The standard InChI is InChI=1S/C37H42ClN3O4S/c1-6-29(5)39-37(43)35(23-30-11-8-7-9-12-30)40(24-31-13-10-14-32(38)22-31)36(42)25-41(34-20-17-27(3)21-28(34)4)46(44,45)33-18-15-26(2)16-19-33/h7-22,29,35H,6,23-25H2,1-5H3,(H,39,43)/t29-,35-/m1/s1. The highest BCUT2D eigenvalue weighted by Gasteiger charge is 2.35. The molecule has 9 heteroatoms. The molecule has 2 atom stereocenters. The lowest BCUT2D eigenvalue weighted by molar-refractivity contribution is -0.140. The molecule has 0 saturated carbocycles. The van der Waals surface area contributed by atoms with E-state index in [0.717, 1.165) is 26.6 Å². The molecule has 0 aliphatic heterocycles. The van der Waals surface area contributed by atoms with E-state index in [9.17, 15) is 18.0 Å². The maximum atomic E-state index is 14.6. The summed E-state index contributed by atoms with van der Waals surface area (Å²) in [6.07, 6.45) is 0.949. The quantitative estimate of drug-likeness (QED) is 0.167. The molecule has 4 aromatic carbocycles. The summed E-state index contributed by atoms with van der Waals surface area (Å²) in [5.41, 5.74) is 4.57. The molecule has 242 valence electrons. The van der Waals surface area contributed by atoms with E-state index in [4.69, 9.17) is 11.6 Å². The first-order valence-electron chi connectivity index (χ1n) is 15.4. The van der Waals surface area contributed by atoms with Crippen LogP contribution in [-0.2, 0) is 32.6 Å². The van der Waals surface area contributed by atoms with E-state index in [1.807, 2.05) is 83.1 Å². The summed E-state index contributed by atoms with van der Waals surface area (Å²) >= 11 is 6.33. The van der Waals surface area contributed by atoms with Crippen molar-refractivity contribution < 1.29 is 18.0 Å². The molecular weight excluding hydrogens is 618 g/mol. The third kappa shape index (κ3) is 8.77. The molecule has 0 spiro atoms. The number of hydrogen-bond donors (Lipinski definition) is 1. The second-order valence-electron chi connectivity index (χ2n) is 11.8. The Kier molecular flexibility index (Phi) is 11.7. The largest absolute Gasteiger partial charge is 0.352 e. The van der Waals surface area contributed by atoms with E-state index in [-0.39, 0.29) is 29.8 Å². The average Bonchev–Trinajstić information content (AvgIpc) is 3.02. The van der Waals surface area contributed by atoms with Crippen LogP contribution >= 0.6 is 11.6 Å². The molecule has 46 heavy (non-hydrogen) atoms. The highest BCUT2D eigenvalue weighted by atomic mass is 35.5. The number of sulfonamides is 1. The summed E-state index contributed by atoms with van der Waals surface area (Å²) in [6.45, 7) is 9.06. The number of halogens is 1. The van der Waals surface area contributed by atoms with Crippen molar-refractivity contribution in [3.8, 4) is 0 Å². The highest BCUT2D eigenvalue weighted by molar-refractivity contribution is 7.92. The van der Waals surface area contributed by atoms with Gasteiger partial charge in [-0.3, -0.25) is 13.9 Å². The van der Waals surface area contributed by atoms with Crippen LogP contribution in [0.5, 0.6) is 0 Å². The summed E-state index contributed by atoms with van der Waals surface area (Å²) in [6, 6.07) is 27.6. The molecule has 4 aromatic rings. The van der Waals surface area contributed by atoms with Crippen LogP contribution in [0.25, 0.3) is 0 Å². The van der Waals surface area contributed by atoms with Crippen LogP contribution < -0.4 is 9.62 Å². The summed E-state index contributed by atoms with van der Waals surface area (Å²) in [5, 5.41) is 3.55. The number of benzene rings is 4. The van der Waals surface area contributed by atoms with Gasteiger partial charge in [0, 0.05) is 24.0 Å². The van der Waals surface area contributed by atoms with Gasteiger partial charge in [0.15, 0.2) is 0 Å². The molecule has 0 aliphatic carbocycles. The van der Waals surface area contributed by atoms with Gasteiger partial charge in [-0.15, -0.1) is 0 Å². The van der Waals surface area contributed by atoms with Crippen LogP contribution in [0.4, 0.5) is 5.69 Å². The molecule has 7 nitrogen and oxygen atoms in total. The minimum absolute atomic E-state index is 0.0517. The highest BCUT2D eigenvalue weighted by Crippen LogP contribution is 2.29. The maximum absolute atomic E-state index is 14.6. The van der Waals surface area contributed by atoms with Crippen LogP contribution in [0.3, 0.4) is 0 Å². The van der Waals surface area contributed by atoms with Crippen LogP contribution in [-0.4, -0.2) is 43.8 Å². The van der Waals surface area contributed by atoms with Crippen LogP contribution in [0.2, 0.25) is 5.02 Å². The molecule has 4 rings (SSSR count). The Morgan fingerprint density at radius 3 is 2.11 bits per heavy atom.